The second kappa shape index (κ2) is 7.25. The highest BCUT2D eigenvalue weighted by atomic mass is 79.9. The van der Waals surface area contributed by atoms with Crippen LogP contribution in [-0.2, 0) is 4.79 Å². The van der Waals surface area contributed by atoms with Crippen LogP contribution >= 0.6 is 15.9 Å². The van der Waals surface area contributed by atoms with E-state index in [1.807, 2.05) is 0 Å². The van der Waals surface area contributed by atoms with Crippen LogP contribution in [0.1, 0.15) is 6.42 Å². The summed E-state index contributed by atoms with van der Waals surface area (Å²) in [7, 11) is 0. The van der Waals surface area contributed by atoms with Crippen LogP contribution in [0.3, 0.4) is 0 Å². The molecule has 1 atom stereocenters. The Kier molecular flexibility index (Phi) is 5.68. The number of urea groups is 1. The van der Waals surface area contributed by atoms with Gasteiger partial charge in [0, 0.05) is 23.0 Å². The number of carbonyl (C=O) groups is 2. The van der Waals surface area contributed by atoms with Crippen molar-refractivity contribution in [1.29, 1.82) is 0 Å². The Morgan fingerprint density at radius 1 is 1.52 bits per heavy atom. The minimum atomic E-state index is -1.26. The Balaban J connectivity index is 2.77. The van der Waals surface area contributed by atoms with Gasteiger partial charge in [0.25, 0.3) is 5.69 Å². The number of benzene rings is 1. The van der Waals surface area contributed by atoms with Gasteiger partial charge >= 0.3 is 12.0 Å². The van der Waals surface area contributed by atoms with Gasteiger partial charge in [0.1, 0.15) is 6.04 Å². The molecule has 0 saturated heterocycles. The maximum atomic E-state index is 11.7. The van der Waals surface area contributed by atoms with E-state index in [1.54, 1.807) is 0 Å². The van der Waals surface area contributed by atoms with E-state index in [0.29, 0.717) is 0 Å². The maximum absolute atomic E-state index is 11.7. The number of carboxylic acid groups (broad SMARTS) is 1. The second-order valence-electron chi connectivity index (χ2n) is 3.82. The molecular weight excluding hydrogens is 346 g/mol. The van der Waals surface area contributed by atoms with E-state index in [-0.39, 0.29) is 22.3 Å². The van der Waals surface area contributed by atoms with E-state index < -0.39 is 23.0 Å². The molecule has 1 unspecified atom stereocenters. The Morgan fingerprint density at radius 2 is 2.19 bits per heavy atom. The van der Waals surface area contributed by atoms with Gasteiger partial charge in [-0.3, -0.25) is 10.1 Å². The molecule has 21 heavy (non-hydrogen) atoms. The third-order valence-electron chi connectivity index (χ3n) is 2.34. The van der Waals surface area contributed by atoms with E-state index in [4.69, 9.17) is 11.5 Å². The second-order valence-corrected chi connectivity index (χ2v) is 4.67. The van der Waals surface area contributed by atoms with Crippen molar-refractivity contribution < 1.29 is 19.6 Å². The number of nitrogens with zero attached hydrogens (tertiary/aromatic N) is 1. The molecule has 1 rings (SSSR count). The average molecular weight is 356 g/mol. The molecule has 0 aliphatic carbocycles. The number of hydrogen-bond acceptors (Lipinski definition) is 4. The number of nitrogens with one attached hydrogen (secondary N) is 2. The van der Waals surface area contributed by atoms with Crippen molar-refractivity contribution in [1.82, 2.24) is 5.32 Å². The van der Waals surface area contributed by atoms with Crippen molar-refractivity contribution in [2.45, 2.75) is 12.5 Å². The number of amides is 2. The number of hydrogen-bond donors (Lipinski definition) is 3. The lowest BCUT2D eigenvalue weighted by Crippen LogP contribution is -2.42. The molecule has 110 valence electrons. The van der Waals surface area contributed by atoms with Gasteiger partial charge < -0.3 is 15.7 Å². The Hall–Kier alpha value is -2.60. The predicted octanol–water partition coefficient (Wildman–Crippen LogP) is 1.96. The molecule has 8 nitrogen and oxygen atoms in total. The highest BCUT2D eigenvalue weighted by molar-refractivity contribution is 9.10. The third-order valence-corrected chi connectivity index (χ3v) is 2.99. The van der Waals surface area contributed by atoms with Crippen molar-refractivity contribution >= 4 is 39.3 Å². The lowest BCUT2D eigenvalue weighted by molar-refractivity contribution is -0.384. The predicted molar refractivity (Wildman–Crippen MR) is 77.8 cm³/mol. The summed E-state index contributed by atoms with van der Waals surface area (Å²) in [6, 6.07) is 1.74. The number of carboxylic acids is 1. The summed E-state index contributed by atoms with van der Waals surface area (Å²) in [6.07, 6.45) is 4.85. The lowest BCUT2D eigenvalue weighted by Gasteiger charge is -2.13. The molecule has 1 aromatic rings. The van der Waals surface area contributed by atoms with Gasteiger partial charge in [-0.25, -0.2) is 9.59 Å². The molecule has 0 radical (unpaired) electrons. The number of non-ortho nitro benzene ring substituents is 1. The molecule has 0 spiro atoms. The zero-order valence-corrected chi connectivity index (χ0v) is 12.1. The van der Waals surface area contributed by atoms with Crippen LogP contribution < -0.4 is 10.6 Å². The SMILES string of the molecule is C#CCC(NC(=O)Nc1ccc([N+](=O)[O-])cc1Br)C(=O)O. The van der Waals surface area contributed by atoms with Crippen LogP contribution in [0.4, 0.5) is 16.2 Å². The van der Waals surface area contributed by atoms with Crippen molar-refractivity contribution in [3.8, 4) is 12.3 Å². The summed E-state index contributed by atoms with van der Waals surface area (Å²) in [5.41, 5.74) is 0.103. The average Bonchev–Trinajstić information content (AvgIpc) is 2.40. The number of nitro groups is 1. The zero-order chi connectivity index (χ0) is 16.0. The van der Waals surface area contributed by atoms with E-state index in [2.05, 4.69) is 32.5 Å². The summed E-state index contributed by atoms with van der Waals surface area (Å²) >= 11 is 3.07. The number of anilines is 1. The monoisotopic (exact) mass is 355 g/mol. The molecule has 0 aromatic heterocycles. The third kappa shape index (κ3) is 4.77. The van der Waals surface area contributed by atoms with Crippen molar-refractivity contribution in [2.24, 2.45) is 0 Å². The fraction of sp³-hybridized carbons (Fsp3) is 0.167. The topological polar surface area (TPSA) is 122 Å². The number of aliphatic carboxylic acids is 1. The van der Waals surface area contributed by atoms with Gasteiger partial charge in [-0.15, -0.1) is 12.3 Å². The Bertz CT molecular complexity index is 626. The first-order chi connectivity index (χ1) is 9.85. The summed E-state index contributed by atoms with van der Waals surface area (Å²) in [5, 5.41) is 24.0. The minimum absolute atomic E-state index is 0.149. The number of nitro benzene ring substituents is 1. The first kappa shape index (κ1) is 16.5. The summed E-state index contributed by atoms with van der Waals surface area (Å²) < 4.78 is 0.288. The lowest BCUT2D eigenvalue weighted by atomic mass is 10.2. The smallest absolute Gasteiger partial charge is 0.327 e. The van der Waals surface area contributed by atoms with Crippen LogP contribution in [0.2, 0.25) is 0 Å². The van der Waals surface area contributed by atoms with Crippen molar-refractivity contribution in [3.05, 3.63) is 32.8 Å². The van der Waals surface area contributed by atoms with Gasteiger partial charge in [0.2, 0.25) is 0 Å². The van der Waals surface area contributed by atoms with Gasteiger partial charge in [-0.1, -0.05) is 0 Å². The Morgan fingerprint density at radius 3 is 2.67 bits per heavy atom. The van der Waals surface area contributed by atoms with Crippen molar-refractivity contribution in [2.75, 3.05) is 5.32 Å². The van der Waals surface area contributed by atoms with Gasteiger partial charge in [-0.2, -0.15) is 0 Å². The molecule has 2 amide bonds. The van der Waals surface area contributed by atoms with Crippen LogP contribution in [0, 0.1) is 22.5 Å². The molecular formula is C12H10BrN3O5. The van der Waals surface area contributed by atoms with Crippen molar-refractivity contribution in [3.63, 3.8) is 0 Å². The van der Waals surface area contributed by atoms with E-state index in [1.165, 1.54) is 18.2 Å². The normalized spacial score (nSPS) is 11.0. The molecule has 0 fully saturated rings. The molecule has 0 bridgehead atoms. The van der Waals surface area contributed by atoms with Crippen LogP contribution in [0.5, 0.6) is 0 Å². The largest absolute Gasteiger partial charge is 0.480 e. The van der Waals surface area contributed by atoms with E-state index in [9.17, 15) is 19.7 Å². The standard InChI is InChI=1S/C12H10BrN3O5/c1-2-3-10(11(17)18)15-12(19)14-9-5-4-7(16(20)21)6-8(9)13/h1,4-6,10H,3H2,(H,17,18)(H2,14,15,19). The van der Waals surface area contributed by atoms with Gasteiger partial charge in [0.15, 0.2) is 0 Å². The molecule has 3 N–H and O–H groups in total. The van der Waals surface area contributed by atoms with Crippen LogP contribution in [-0.4, -0.2) is 28.1 Å². The van der Waals surface area contributed by atoms with E-state index >= 15 is 0 Å². The number of halogens is 1. The van der Waals surface area contributed by atoms with Crippen LogP contribution in [0.25, 0.3) is 0 Å². The summed E-state index contributed by atoms with van der Waals surface area (Å²) in [4.78, 5) is 32.5. The molecule has 9 heteroatoms. The number of terminal acetylenes is 1. The fourth-order valence-corrected chi connectivity index (χ4v) is 1.82. The van der Waals surface area contributed by atoms with Gasteiger partial charge in [-0.05, 0) is 22.0 Å². The molecule has 0 aliphatic heterocycles. The fourth-order valence-electron chi connectivity index (χ4n) is 1.35. The molecule has 0 saturated carbocycles. The first-order valence-corrected chi connectivity index (χ1v) is 6.32. The van der Waals surface area contributed by atoms with E-state index in [0.717, 1.165) is 0 Å². The molecule has 1 aromatic carbocycles. The molecule has 0 heterocycles. The summed E-state index contributed by atoms with van der Waals surface area (Å²) in [5.74, 6) is 0.884. The maximum Gasteiger partial charge on any atom is 0.327 e. The number of rotatable bonds is 5. The Labute approximate surface area is 127 Å². The number of carbonyl (C=O) groups excluding carboxylic acids is 1. The highest BCUT2D eigenvalue weighted by Crippen LogP contribution is 2.26. The van der Waals surface area contributed by atoms with Gasteiger partial charge in [0.05, 0.1) is 10.6 Å². The zero-order valence-electron chi connectivity index (χ0n) is 10.5. The minimum Gasteiger partial charge on any atom is -0.480 e. The summed E-state index contributed by atoms with van der Waals surface area (Å²) in [6.45, 7) is 0. The quantitative estimate of drug-likeness (QED) is 0.423. The first-order valence-electron chi connectivity index (χ1n) is 5.53. The van der Waals surface area contributed by atoms with Crippen LogP contribution in [0.15, 0.2) is 22.7 Å². The highest BCUT2D eigenvalue weighted by Gasteiger charge is 2.19. The molecule has 0 aliphatic rings.